The number of methoxy groups -OCH3 is 1. The minimum absolute atomic E-state index is 0.594. The molecule has 2 rings (SSSR count). The lowest BCUT2D eigenvalue weighted by atomic mass is 10.3. The summed E-state index contributed by atoms with van der Waals surface area (Å²) in [5.41, 5.74) is 0.730. The van der Waals surface area contributed by atoms with E-state index in [2.05, 4.69) is 27.8 Å². The van der Waals surface area contributed by atoms with Gasteiger partial charge >= 0.3 is 0 Å². The molecule has 0 bridgehead atoms. The number of benzene rings is 1. The topological polar surface area (TPSA) is 64.9 Å². The minimum Gasteiger partial charge on any atom is -0.494 e. The number of nitrogens with one attached hydrogen (secondary N) is 1. The molecule has 0 saturated heterocycles. The maximum Gasteiger partial charge on any atom is 0.170 e. The van der Waals surface area contributed by atoms with Gasteiger partial charge in [0.2, 0.25) is 0 Å². The predicted octanol–water partition coefficient (Wildman–Crippen LogP) is 1.82. The Morgan fingerprint density at radius 2 is 2.26 bits per heavy atom. The van der Waals surface area contributed by atoms with Crippen LogP contribution in [0.5, 0.6) is 5.75 Å². The monoisotopic (exact) mass is 281 g/mol. The van der Waals surface area contributed by atoms with E-state index in [-0.39, 0.29) is 0 Å². The molecule has 102 valence electrons. The summed E-state index contributed by atoms with van der Waals surface area (Å²) in [6.07, 6.45) is 1.06. The van der Waals surface area contributed by atoms with Crippen LogP contribution in [0.1, 0.15) is 19.2 Å². The van der Waals surface area contributed by atoms with Crippen LogP contribution in [0, 0.1) is 0 Å². The number of tetrazole rings is 1. The Morgan fingerprint density at radius 3 is 3.00 bits per heavy atom. The van der Waals surface area contributed by atoms with Gasteiger partial charge in [0.1, 0.15) is 11.4 Å². The van der Waals surface area contributed by atoms with Crippen molar-refractivity contribution < 1.29 is 4.74 Å². The number of nitrogens with zero attached hydrogens (tertiary/aromatic N) is 4. The quantitative estimate of drug-likeness (QED) is 0.818. The zero-order chi connectivity index (χ0) is 13.7. The molecule has 7 heteroatoms. The molecule has 0 amide bonds. The third kappa shape index (κ3) is 3.21. The molecule has 0 atom stereocenters. The summed E-state index contributed by atoms with van der Waals surface area (Å²) >= 11 is 6.02. The molecular weight excluding hydrogens is 266 g/mol. The normalized spacial score (nSPS) is 10.7. The molecule has 0 aliphatic carbocycles. The van der Waals surface area contributed by atoms with E-state index < -0.39 is 0 Å². The Labute approximate surface area is 116 Å². The van der Waals surface area contributed by atoms with Gasteiger partial charge in [0, 0.05) is 5.02 Å². The molecule has 0 radical (unpaired) electrons. The van der Waals surface area contributed by atoms with Crippen LogP contribution in [0.3, 0.4) is 0 Å². The molecule has 0 aliphatic rings. The molecule has 1 heterocycles. The first-order chi connectivity index (χ1) is 9.26. The van der Waals surface area contributed by atoms with E-state index in [1.807, 2.05) is 0 Å². The summed E-state index contributed by atoms with van der Waals surface area (Å²) in [7, 11) is 1.60. The summed E-state index contributed by atoms with van der Waals surface area (Å²) < 4.78 is 6.94. The summed E-state index contributed by atoms with van der Waals surface area (Å²) in [5, 5.41) is 15.6. The van der Waals surface area contributed by atoms with E-state index in [1.54, 1.807) is 30.0 Å². The van der Waals surface area contributed by atoms with E-state index in [9.17, 15) is 0 Å². The third-order valence-electron chi connectivity index (χ3n) is 2.61. The lowest BCUT2D eigenvalue weighted by molar-refractivity contribution is 0.410. The third-order valence-corrected chi connectivity index (χ3v) is 2.85. The first-order valence-corrected chi connectivity index (χ1v) is 6.46. The number of rotatable bonds is 6. The summed E-state index contributed by atoms with van der Waals surface area (Å²) in [6.45, 7) is 3.62. The smallest absolute Gasteiger partial charge is 0.170 e. The first-order valence-electron chi connectivity index (χ1n) is 6.08. The number of ether oxygens (including phenoxy) is 1. The van der Waals surface area contributed by atoms with Gasteiger partial charge in [-0.2, -0.15) is 4.68 Å². The average molecular weight is 282 g/mol. The van der Waals surface area contributed by atoms with Crippen LogP contribution in [0.2, 0.25) is 5.02 Å². The van der Waals surface area contributed by atoms with Gasteiger partial charge in [-0.15, -0.1) is 5.10 Å². The van der Waals surface area contributed by atoms with E-state index in [4.69, 9.17) is 16.3 Å². The Hall–Kier alpha value is -1.66. The molecule has 6 nitrogen and oxygen atoms in total. The van der Waals surface area contributed by atoms with Gasteiger partial charge < -0.3 is 10.1 Å². The summed E-state index contributed by atoms with van der Waals surface area (Å²) in [4.78, 5) is 0. The van der Waals surface area contributed by atoms with Crippen LogP contribution < -0.4 is 10.1 Å². The Kier molecular flexibility index (Phi) is 4.70. The second kappa shape index (κ2) is 6.49. The highest BCUT2D eigenvalue weighted by molar-refractivity contribution is 6.30. The highest BCUT2D eigenvalue weighted by atomic mass is 35.5. The van der Waals surface area contributed by atoms with Crippen LogP contribution in [0.15, 0.2) is 18.2 Å². The van der Waals surface area contributed by atoms with E-state index >= 15 is 0 Å². The molecule has 0 fully saturated rings. The highest BCUT2D eigenvalue weighted by Crippen LogP contribution is 2.26. The van der Waals surface area contributed by atoms with Gasteiger partial charge in [0.15, 0.2) is 5.82 Å². The first kappa shape index (κ1) is 13.8. The molecule has 0 unspecified atom stereocenters. The fourth-order valence-corrected chi connectivity index (χ4v) is 1.88. The minimum atomic E-state index is 0.594. The lowest BCUT2D eigenvalue weighted by Crippen LogP contribution is -2.18. The van der Waals surface area contributed by atoms with Crippen molar-refractivity contribution in [2.24, 2.45) is 0 Å². The van der Waals surface area contributed by atoms with Crippen molar-refractivity contribution in [2.45, 2.75) is 19.9 Å². The van der Waals surface area contributed by atoms with Crippen molar-refractivity contribution in [1.29, 1.82) is 0 Å². The zero-order valence-corrected chi connectivity index (χ0v) is 11.7. The fourth-order valence-electron chi connectivity index (χ4n) is 1.71. The van der Waals surface area contributed by atoms with Gasteiger partial charge in [0.05, 0.1) is 13.7 Å². The van der Waals surface area contributed by atoms with Crippen LogP contribution in [0.25, 0.3) is 5.69 Å². The van der Waals surface area contributed by atoms with Crippen molar-refractivity contribution in [3.8, 4) is 11.4 Å². The maximum atomic E-state index is 6.02. The van der Waals surface area contributed by atoms with E-state index in [1.165, 1.54) is 0 Å². The average Bonchev–Trinajstić information content (AvgIpc) is 2.87. The van der Waals surface area contributed by atoms with E-state index in [0.717, 1.165) is 18.7 Å². The van der Waals surface area contributed by atoms with Crippen molar-refractivity contribution >= 4 is 11.6 Å². The standard InChI is InChI=1S/C12H16ClN5O/c1-3-6-14-8-12-15-16-17-18(12)10-7-9(13)4-5-11(10)19-2/h4-5,7,14H,3,6,8H2,1-2H3. The van der Waals surface area contributed by atoms with Gasteiger partial charge in [-0.25, -0.2) is 0 Å². The van der Waals surface area contributed by atoms with Crippen LogP contribution in [-0.4, -0.2) is 33.9 Å². The predicted molar refractivity (Wildman–Crippen MR) is 72.7 cm³/mol. The van der Waals surface area contributed by atoms with Gasteiger partial charge in [-0.3, -0.25) is 0 Å². The second-order valence-electron chi connectivity index (χ2n) is 4.00. The molecule has 0 saturated carbocycles. The Bertz CT molecular complexity index is 543. The van der Waals surface area contributed by atoms with Gasteiger partial charge in [-0.05, 0) is 41.6 Å². The molecule has 0 aliphatic heterocycles. The molecular formula is C12H16ClN5O. The fraction of sp³-hybridized carbons (Fsp3) is 0.417. The molecule has 1 aromatic heterocycles. The molecule has 0 spiro atoms. The van der Waals surface area contributed by atoms with Crippen molar-refractivity contribution in [1.82, 2.24) is 25.5 Å². The number of halogens is 1. The molecule has 2 aromatic rings. The maximum absolute atomic E-state index is 6.02. The molecule has 1 N–H and O–H groups in total. The van der Waals surface area contributed by atoms with Crippen molar-refractivity contribution in [3.05, 3.63) is 29.0 Å². The van der Waals surface area contributed by atoms with Crippen LogP contribution in [-0.2, 0) is 6.54 Å². The second-order valence-corrected chi connectivity index (χ2v) is 4.44. The summed E-state index contributed by atoms with van der Waals surface area (Å²) in [5.74, 6) is 1.39. The number of aromatic nitrogens is 4. The van der Waals surface area contributed by atoms with Crippen molar-refractivity contribution in [2.75, 3.05) is 13.7 Å². The Balaban J connectivity index is 2.31. The van der Waals surface area contributed by atoms with Gasteiger partial charge in [0.25, 0.3) is 0 Å². The van der Waals surface area contributed by atoms with Crippen LogP contribution in [0.4, 0.5) is 0 Å². The molecule has 19 heavy (non-hydrogen) atoms. The summed E-state index contributed by atoms with van der Waals surface area (Å²) in [6, 6.07) is 5.34. The molecule has 1 aromatic carbocycles. The number of hydrogen-bond acceptors (Lipinski definition) is 5. The highest BCUT2D eigenvalue weighted by Gasteiger charge is 2.13. The number of hydrogen-bond donors (Lipinski definition) is 1. The zero-order valence-electron chi connectivity index (χ0n) is 10.9. The Morgan fingerprint density at radius 1 is 1.42 bits per heavy atom. The van der Waals surface area contributed by atoms with Crippen molar-refractivity contribution in [3.63, 3.8) is 0 Å². The van der Waals surface area contributed by atoms with Gasteiger partial charge in [-0.1, -0.05) is 18.5 Å². The largest absolute Gasteiger partial charge is 0.494 e. The van der Waals surface area contributed by atoms with E-state index in [0.29, 0.717) is 23.1 Å². The van der Waals surface area contributed by atoms with Crippen LogP contribution >= 0.6 is 11.6 Å². The lowest BCUT2D eigenvalue weighted by Gasteiger charge is -2.10. The SMILES string of the molecule is CCCNCc1nnnn1-c1cc(Cl)ccc1OC.